The first kappa shape index (κ1) is 21.6. The predicted molar refractivity (Wildman–Crippen MR) is 118 cm³/mol. The minimum atomic E-state index is 0.552. The van der Waals surface area contributed by atoms with E-state index in [1.165, 1.54) is 12.8 Å². The van der Waals surface area contributed by atoms with Crippen LogP contribution in [0.3, 0.4) is 0 Å². The maximum atomic E-state index is 5.99. The van der Waals surface area contributed by atoms with E-state index in [4.69, 9.17) is 18.9 Å². The Labute approximate surface area is 178 Å². The molecule has 0 atom stereocenters. The summed E-state index contributed by atoms with van der Waals surface area (Å²) in [5.74, 6) is 4.17. The van der Waals surface area contributed by atoms with Gasteiger partial charge in [-0.3, -0.25) is 4.99 Å². The molecule has 0 radical (unpaired) electrons. The van der Waals surface area contributed by atoms with Crippen LogP contribution in [-0.2, 0) is 13.1 Å². The Balaban J connectivity index is 1.59. The van der Waals surface area contributed by atoms with Crippen LogP contribution in [0.1, 0.15) is 24.0 Å². The van der Waals surface area contributed by atoms with Crippen molar-refractivity contribution in [2.45, 2.75) is 25.9 Å². The Bertz CT molecular complexity index is 840. The number of para-hydroxylation sites is 1. The van der Waals surface area contributed by atoms with Crippen molar-refractivity contribution in [3.8, 4) is 23.0 Å². The van der Waals surface area contributed by atoms with Crippen LogP contribution in [0.4, 0.5) is 0 Å². The van der Waals surface area contributed by atoms with E-state index < -0.39 is 0 Å². The molecule has 0 heterocycles. The topological polar surface area (TPSA) is 73.3 Å². The molecule has 30 heavy (non-hydrogen) atoms. The van der Waals surface area contributed by atoms with Gasteiger partial charge >= 0.3 is 0 Å². The number of nitrogens with zero attached hydrogens (tertiary/aromatic N) is 1. The third-order valence-corrected chi connectivity index (χ3v) is 5.00. The number of nitrogens with one attached hydrogen (secondary N) is 2. The van der Waals surface area contributed by atoms with Crippen LogP contribution >= 0.6 is 0 Å². The highest BCUT2D eigenvalue weighted by molar-refractivity contribution is 5.79. The van der Waals surface area contributed by atoms with Gasteiger partial charge in [-0.15, -0.1) is 0 Å². The van der Waals surface area contributed by atoms with Gasteiger partial charge in [0.25, 0.3) is 0 Å². The van der Waals surface area contributed by atoms with Gasteiger partial charge in [-0.1, -0.05) is 18.2 Å². The summed E-state index contributed by atoms with van der Waals surface area (Å²) in [6.45, 7) is 1.97. The van der Waals surface area contributed by atoms with Crippen LogP contribution in [0.15, 0.2) is 41.4 Å². The fourth-order valence-electron chi connectivity index (χ4n) is 3.11. The molecule has 2 aromatic rings. The van der Waals surface area contributed by atoms with Gasteiger partial charge in [0.1, 0.15) is 5.75 Å². The monoisotopic (exact) mass is 413 g/mol. The van der Waals surface area contributed by atoms with Crippen LogP contribution in [0.2, 0.25) is 0 Å². The lowest BCUT2D eigenvalue weighted by molar-refractivity contribution is 0.296. The summed E-state index contributed by atoms with van der Waals surface area (Å²) in [6, 6.07) is 12.0. The summed E-state index contributed by atoms with van der Waals surface area (Å²) in [7, 11) is 6.56. The first-order chi connectivity index (χ1) is 14.7. The van der Waals surface area contributed by atoms with E-state index in [1.807, 2.05) is 30.3 Å². The molecule has 1 aliphatic carbocycles. The summed E-state index contributed by atoms with van der Waals surface area (Å²) < 4.78 is 22.2. The first-order valence-electron chi connectivity index (χ1n) is 10.1. The number of methoxy groups -OCH3 is 3. The lowest BCUT2D eigenvalue weighted by Crippen LogP contribution is -2.36. The summed E-state index contributed by atoms with van der Waals surface area (Å²) in [5, 5.41) is 6.67. The van der Waals surface area contributed by atoms with E-state index in [9.17, 15) is 0 Å². The zero-order valence-electron chi connectivity index (χ0n) is 18.2. The van der Waals surface area contributed by atoms with E-state index in [-0.39, 0.29) is 0 Å². The average Bonchev–Trinajstić information content (AvgIpc) is 3.62. The Hall–Kier alpha value is -3.09. The van der Waals surface area contributed by atoms with Gasteiger partial charge in [0.15, 0.2) is 17.5 Å². The second kappa shape index (κ2) is 10.6. The van der Waals surface area contributed by atoms with Crippen molar-refractivity contribution in [3.63, 3.8) is 0 Å². The zero-order valence-corrected chi connectivity index (χ0v) is 18.2. The SMILES string of the molecule is CN=C(NCc1cc(OC)c(OC)c(OC)c1)NCc1ccccc1OCC1CC1. The molecule has 2 N–H and O–H groups in total. The van der Waals surface area contributed by atoms with Crippen molar-refractivity contribution >= 4 is 5.96 Å². The molecule has 7 nitrogen and oxygen atoms in total. The molecular weight excluding hydrogens is 382 g/mol. The van der Waals surface area contributed by atoms with Gasteiger partial charge < -0.3 is 29.6 Å². The van der Waals surface area contributed by atoms with Crippen molar-refractivity contribution < 1.29 is 18.9 Å². The Kier molecular flexibility index (Phi) is 7.65. The highest BCUT2D eigenvalue weighted by Crippen LogP contribution is 2.38. The van der Waals surface area contributed by atoms with Crippen LogP contribution < -0.4 is 29.6 Å². The van der Waals surface area contributed by atoms with Gasteiger partial charge in [-0.05, 0) is 42.5 Å². The third-order valence-electron chi connectivity index (χ3n) is 5.00. The molecule has 1 saturated carbocycles. The summed E-state index contributed by atoms with van der Waals surface area (Å²) in [4.78, 5) is 4.32. The van der Waals surface area contributed by atoms with Crippen molar-refractivity contribution in [2.24, 2.45) is 10.9 Å². The van der Waals surface area contributed by atoms with Gasteiger partial charge in [-0.25, -0.2) is 0 Å². The Morgan fingerprint density at radius 1 is 0.933 bits per heavy atom. The molecule has 0 spiro atoms. The smallest absolute Gasteiger partial charge is 0.203 e. The van der Waals surface area contributed by atoms with Crippen LogP contribution in [0, 0.1) is 5.92 Å². The predicted octanol–water partition coefficient (Wildman–Crippen LogP) is 3.37. The molecule has 0 amide bonds. The van der Waals surface area contributed by atoms with Gasteiger partial charge in [0.2, 0.25) is 5.75 Å². The fraction of sp³-hybridized carbons (Fsp3) is 0.435. The van der Waals surface area contributed by atoms with Crippen LogP contribution in [-0.4, -0.2) is 40.9 Å². The van der Waals surface area contributed by atoms with Gasteiger partial charge in [0, 0.05) is 25.7 Å². The number of benzene rings is 2. The quantitative estimate of drug-likeness (QED) is 0.460. The molecular formula is C23H31N3O4. The maximum absolute atomic E-state index is 5.99. The first-order valence-corrected chi connectivity index (χ1v) is 10.1. The van der Waals surface area contributed by atoms with Gasteiger partial charge in [0.05, 0.1) is 27.9 Å². The van der Waals surface area contributed by atoms with E-state index in [0.717, 1.165) is 29.4 Å². The minimum Gasteiger partial charge on any atom is -0.493 e. The molecule has 1 fully saturated rings. The normalized spacial score (nSPS) is 13.5. The highest BCUT2D eigenvalue weighted by atomic mass is 16.5. The highest BCUT2D eigenvalue weighted by Gasteiger charge is 2.22. The average molecular weight is 414 g/mol. The number of aliphatic imine (C=N–C) groups is 1. The molecule has 0 aromatic heterocycles. The lowest BCUT2D eigenvalue weighted by Gasteiger charge is -2.16. The Morgan fingerprint density at radius 3 is 2.20 bits per heavy atom. The lowest BCUT2D eigenvalue weighted by atomic mass is 10.1. The van der Waals surface area contributed by atoms with Crippen molar-refractivity contribution in [3.05, 3.63) is 47.5 Å². The summed E-state index contributed by atoms with van der Waals surface area (Å²) >= 11 is 0. The summed E-state index contributed by atoms with van der Waals surface area (Å²) in [6.07, 6.45) is 2.55. The molecule has 0 saturated heterocycles. The molecule has 7 heteroatoms. The molecule has 1 aliphatic rings. The molecule has 162 valence electrons. The minimum absolute atomic E-state index is 0.552. The number of hydrogen-bond donors (Lipinski definition) is 2. The van der Waals surface area contributed by atoms with E-state index in [0.29, 0.717) is 36.3 Å². The molecule has 0 aliphatic heterocycles. The standard InChI is InChI=1S/C23H31N3O4/c1-24-23(25-13-17-11-20(27-2)22(29-4)21(12-17)28-3)26-14-18-7-5-6-8-19(18)30-15-16-9-10-16/h5-8,11-12,16H,9-10,13-15H2,1-4H3,(H2,24,25,26). The molecule has 2 aromatic carbocycles. The van der Waals surface area contributed by atoms with Crippen LogP contribution in [0.25, 0.3) is 0 Å². The second-order valence-corrected chi connectivity index (χ2v) is 7.18. The van der Waals surface area contributed by atoms with Crippen molar-refractivity contribution in [2.75, 3.05) is 35.0 Å². The molecule has 0 bridgehead atoms. The number of guanidine groups is 1. The zero-order chi connectivity index (χ0) is 21.3. The van der Waals surface area contributed by atoms with E-state index >= 15 is 0 Å². The van der Waals surface area contributed by atoms with Gasteiger partial charge in [-0.2, -0.15) is 0 Å². The number of hydrogen-bond acceptors (Lipinski definition) is 5. The number of rotatable bonds is 10. The molecule has 0 unspecified atom stereocenters. The number of ether oxygens (including phenoxy) is 4. The van der Waals surface area contributed by atoms with Crippen molar-refractivity contribution in [1.29, 1.82) is 0 Å². The second-order valence-electron chi connectivity index (χ2n) is 7.18. The summed E-state index contributed by atoms with van der Waals surface area (Å²) in [5.41, 5.74) is 2.09. The van der Waals surface area contributed by atoms with E-state index in [1.54, 1.807) is 28.4 Å². The fourth-order valence-corrected chi connectivity index (χ4v) is 3.11. The largest absolute Gasteiger partial charge is 0.493 e. The Morgan fingerprint density at radius 2 is 1.60 bits per heavy atom. The molecule has 3 rings (SSSR count). The van der Waals surface area contributed by atoms with Crippen molar-refractivity contribution in [1.82, 2.24) is 10.6 Å². The van der Waals surface area contributed by atoms with E-state index in [2.05, 4.69) is 21.7 Å². The van der Waals surface area contributed by atoms with Crippen LogP contribution in [0.5, 0.6) is 23.0 Å². The third kappa shape index (κ3) is 5.72. The maximum Gasteiger partial charge on any atom is 0.203 e.